The van der Waals surface area contributed by atoms with E-state index in [9.17, 15) is 22.8 Å². The van der Waals surface area contributed by atoms with Gasteiger partial charge in [0.1, 0.15) is 5.76 Å². The van der Waals surface area contributed by atoms with E-state index in [-0.39, 0.29) is 23.9 Å². The second-order valence-electron chi connectivity index (χ2n) is 6.60. The van der Waals surface area contributed by atoms with E-state index in [2.05, 4.69) is 15.4 Å². The quantitative estimate of drug-likeness (QED) is 0.529. The van der Waals surface area contributed by atoms with Crippen molar-refractivity contribution in [2.45, 2.75) is 31.3 Å². The van der Waals surface area contributed by atoms with Gasteiger partial charge in [-0.05, 0) is 43.3 Å². The molecule has 1 aromatic heterocycles. The van der Waals surface area contributed by atoms with Crippen molar-refractivity contribution in [3.05, 3.63) is 48.4 Å². The predicted molar refractivity (Wildman–Crippen MR) is 109 cm³/mol. The largest absolute Gasteiger partial charge is 0.467 e. The molecule has 0 bridgehead atoms. The smallest absolute Gasteiger partial charge is 0.241 e. The van der Waals surface area contributed by atoms with Crippen molar-refractivity contribution in [3.63, 3.8) is 0 Å². The third-order valence-corrected chi connectivity index (χ3v) is 5.54. The number of carbonyl (C=O) groups excluding carboxylic acids is 3. The van der Waals surface area contributed by atoms with Crippen molar-refractivity contribution >= 4 is 33.4 Å². The number of sulfonamides is 1. The van der Waals surface area contributed by atoms with E-state index in [1.165, 1.54) is 51.4 Å². The Hall–Kier alpha value is -3.18. The summed E-state index contributed by atoms with van der Waals surface area (Å²) in [5.41, 5.74) is 0.450. The zero-order valence-electron chi connectivity index (χ0n) is 16.8. The molecule has 2 aromatic rings. The van der Waals surface area contributed by atoms with E-state index in [1.807, 2.05) is 0 Å². The summed E-state index contributed by atoms with van der Waals surface area (Å²) in [7, 11) is -2.57. The molecule has 1 heterocycles. The number of hydrogen-bond donors (Lipinski definition) is 3. The summed E-state index contributed by atoms with van der Waals surface area (Å²) in [5, 5.41) is 5.14. The average molecular weight is 436 g/mol. The number of benzene rings is 1. The van der Waals surface area contributed by atoms with E-state index < -0.39 is 27.9 Å². The van der Waals surface area contributed by atoms with Crippen LogP contribution in [-0.4, -0.2) is 50.7 Å². The lowest BCUT2D eigenvalue weighted by atomic mass is 10.3. The average Bonchev–Trinajstić information content (AvgIpc) is 3.19. The second-order valence-corrected chi connectivity index (χ2v) is 8.31. The number of carbonyl (C=O) groups is 3. The first kappa shape index (κ1) is 23.1. The highest BCUT2D eigenvalue weighted by atomic mass is 32.2. The number of nitrogens with zero attached hydrogens (tertiary/aromatic N) is 1. The molecule has 0 fully saturated rings. The molecule has 162 valence electrons. The minimum Gasteiger partial charge on any atom is -0.467 e. The van der Waals surface area contributed by atoms with Crippen LogP contribution in [0, 0.1) is 0 Å². The molecule has 0 radical (unpaired) electrons. The highest BCUT2D eigenvalue weighted by molar-refractivity contribution is 7.89. The Bertz CT molecular complexity index is 987. The van der Waals surface area contributed by atoms with Crippen LogP contribution in [0.25, 0.3) is 0 Å². The van der Waals surface area contributed by atoms with Crippen LogP contribution in [0.2, 0.25) is 0 Å². The highest BCUT2D eigenvalue weighted by Gasteiger charge is 2.25. The van der Waals surface area contributed by atoms with Gasteiger partial charge in [0.05, 0.1) is 30.3 Å². The fraction of sp³-hybridized carbons (Fsp3) is 0.316. The van der Waals surface area contributed by atoms with E-state index in [4.69, 9.17) is 4.42 Å². The van der Waals surface area contributed by atoms with Gasteiger partial charge >= 0.3 is 0 Å². The van der Waals surface area contributed by atoms with Crippen molar-refractivity contribution in [2.24, 2.45) is 0 Å². The fourth-order valence-corrected chi connectivity index (χ4v) is 3.75. The van der Waals surface area contributed by atoms with E-state index in [0.29, 0.717) is 11.4 Å². The SMILES string of the molecule is CC(=O)Nc1ccc(S(=O)(=O)N[C@@H](C)C(=O)N(C)CC(=O)NCc2ccco2)cc1. The van der Waals surface area contributed by atoms with Gasteiger partial charge in [-0.15, -0.1) is 0 Å². The molecule has 10 nitrogen and oxygen atoms in total. The van der Waals surface area contributed by atoms with Crippen LogP contribution >= 0.6 is 0 Å². The van der Waals surface area contributed by atoms with Gasteiger partial charge in [0.15, 0.2) is 0 Å². The standard InChI is InChI=1S/C19H24N4O6S/c1-13(19(26)23(3)12-18(25)20-11-16-5-4-10-29-16)22-30(27,28)17-8-6-15(7-9-17)21-14(2)24/h4-10,13,22H,11-12H2,1-3H3,(H,20,25)(H,21,24)/t13-/m0/s1. The Balaban J connectivity index is 1.91. The maximum atomic E-state index is 12.5. The molecule has 3 N–H and O–H groups in total. The zero-order valence-corrected chi connectivity index (χ0v) is 17.7. The van der Waals surface area contributed by atoms with E-state index >= 15 is 0 Å². The number of anilines is 1. The molecule has 0 aliphatic carbocycles. The molecule has 0 spiro atoms. The topological polar surface area (TPSA) is 138 Å². The Morgan fingerprint density at radius 3 is 2.37 bits per heavy atom. The van der Waals surface area contributed by atoms with Crippen LogP contribution < -0.4 is 15.4 Å². The lowest BCUT2D eigenvalue weighted by molar-refractivity contribution is -0.135. The molecule has 3 amide bonds. The fourth-order valence-electron chi connectivity index (χ4n) is 2.55. The van der Waals surface area contributed by atoms with Crippen molar-refractivity contribution in [1.82, 2.24) is 14.9 Å². The monoisotopic (exact) mass is 436 g/mol. The molecule has 11 heteroatoms. The predicted octanol–water partition coefficient (Wildman–Crippen LogP) is 0.680. The molecule has 2 rings (SSSR count). The van der Waals surface area contributed by atoms with Crippen molar-refractivity contribution in [1.29, 1.82) is 0 Å². The zero-order chi connectivity index (χ0) is 22.3. The molecular weight excluding hydrogens is 412 g/mol. The molecule has 0 aliphatic rings. The third kappa shape index (κ3) is 6.71. The molecule has 0 saturated heterocycles. The van der Waals surface area contributed by atoms with Gasteiger partial charge in [0.2, 0.25) is 27.7 Å². The molecule has 0 aliphatic heterocycles. The lowest BCUT2D eigenvalue weighted by Gasteiger charge is -2.21. The van der Waals surface area contributed by atoms with E-state index in [1.54, 1.807) is 12.1 Å². The minimum atomic E-state index is -3.97. The minimum absolute atomic E-state index is 0.0601. The maximum absolute atomic E-state index is 12.5. The molecule has 1 aromatic carbocycles. The first-order chi connectivity index (χ1) is 14.1. The van der Waals surface area contributed by atoms with Gasteiger partial charge in [-0.2, -0.15) is 4.72 Å². The summed E-state index contributed by atoms with van der Waals surface area (Å²) < 4.78 is 32.4. The summed E-state index contributed by atoms with van der Waals surface area (Å²) in [4.78, 5) is 36.5. The van der Waals surface area contributed by atoms with Gasteiger partial charge in [0.25, 0.3) is 0 Å². The maximum Gasteiger partial charge on any atom is 0.241 e. The van der Waals surface area contributed by atoms with Crippen molar-refractivity contribution in [2.75, 3.05) is 18.9 Å². The number of likely N-dealkylation sites (N-methyl/N-ethyl adjacent to an activating group) is 1. The summed E-state index contributed by atoms with van der Waals surface area (Å²) in [6.45, 7) is 2.68. The van der Waals surface area contributed by atoms with Crippen LogP contribution in [0.5, 0.6) is 0 Å². The van der Waals surface area contributed by atoms with Crippen LogP contribution in [0.15, 0.2) is 52.0 Å². The summed E-state index contributed by atoms with van der Waals surface area (Å²) >= 11 is 0. The molecule has 1 atom stereocenters. The number of amides is 3. The third-order valence-electron chi connectivity index (χ3n) is 3.98. The van der Waals surface area contributed by atoms with Crippen molar-refractivity contribution in [3.8, 4) is 0 Å². The summed E-state index contributed by atoms with van der Waals surface area (Å²) in [6.07, 6.45) is 1.48. The normalized spacial score (nSPS) is 12.1. The van der Waals surface area contributed by atoms with Crippen LogP contribution in [0.4, 0.5) is 5.69 Å². The Morgan fingerprint density at radius 1 is 1.13 bits per heavy atom. The van der Waals surface area contributed by atoms with Gasteiger partial charge < -0.3 is 20.0 Å². The highest BCUT2D eigenvalue weighted by Crippen LogP contribution is 2.14. The number of furan rings is 1. The molecular formula is C19H24N4O6S. The van der Waals surface area contributed by atoms with Gasteiger partial charge in [-0.25, -0.2) is 8.42 Å². The van der Waals surface area contributed by atoms with Gasteiger partial charge in [0, 0.05) is 19.7 Å². The Labute approximate surface area is 174 Å². The molecule has 0 saturated carbocycles. The number of rotatable bonds is 9. The summed E-state index contributed by atoms with van der Waals surface area (Å²) in [6, 6.07) is 7.82. The molecule has 0 unspecified atom stereocenters. The van der Waals surface area contributed by atoms with Crippen molar-refractivity contribution < 1.29 is 27.2 Å². The van der Waals surface area contributed by atoms with Crippen LogP contribution in [-0.2, 0) is 31.0 Å². The Morgan fingerprint density at radius 2 is 1.80 bits per heavy atom. The summed E-state index contributed by atoms with van der Waals surface area (Å²) in [5.74, 6) is -0.686. The Kier molecular flexibility index (Phi) is 7.72. The number of nitrogens with one attached hydrogen (secondary N) is 3. The van der Waals surface area contributed by atoms with Gasteiger partial charge in [-0.3, -0.25) is 14.4 Å². The van der Waals surface area contributed by atoms with Gasteiger partial charge in [-0.1, -0.05) is 0 Å². The number of hydrogen-bond acceptors (Lipinski definition) is 6. The van der Waals surface area contributed by atoms with Crippen LogP contribution in [0.3, 0.4) is 0 Å². The van der Waals surface area contributed by atoms with E-state index in [0.717, 1.165) is 4.90 Å². The van der Waals surface area contributed by atoms with Crippen LogP contribution in [0.1, 0.15) is 19.6 Å². The first-order valence-electron chi connectivity index (χ1n) is 9.02. The first-order valence-corrected chi connectivity index (χ1v) is 10.5. The second kappa shape index (κ2) is 10.0. The molecule has 30 heavy (non-hydrogen) atoms. The lowest BCUT2D eigenvalue weighted by Crippen LogP contribution is -2.48.